The van der Waals surface area contributed by atoms with Crippen LogP contribution in [0.5, 0.6) is 11.5 Å². The van der Waals surface area contributed by atoms with Gasteiger partial charge in [-0.1, -0.05) is 0 Å². The maximum absolute atomic E-state index is 9.57. The highest BCUT2D eigenvalue weighted by Gasteiger charge is 2.24. The normalized spacial score (nSPS) is 12.4. The molecule has 1 atom stereocenters. The van der Waals surface area contributed by atoms with Crippen molar-refractivity contribution in [2.24, 2.45) is 5.73 Å². The van der Waals surface area contributed by atoms with Crippen LogP contribution in [0.1, 0.15) is 6.92 Å². The first-order valence-electron chi connectivity index (χ1n) is 3.98. The standard InChI is InChI=1S/C6H4O2.C3H7NO2/c7-5-3-1-2-4(3)6(5)8;1-2(4)3(5)6/h1-2,7-8H;2H,4H2,1H3,(H,5,6). The Morgan fingerprint density at radius 3 is 1.64 bits per heavy atom. The number of benzene rings is 1. The fourth-order valence-electron chi connectivity index (χ4n) is 0.856. The molecule has 5 nitrogen and oxygen atoms in total. The van der Waals surface area contributed by atoms with Crippen molar-refractivity contribution in [2.75, 3.05) is 0 Å². The monoisotopic (exact) mass is 197 g/mol. The molecule has 0 spiro atoms. The lowest BCUT2D eigenvalue weighted by Crippen LogP contribution is -2.25. The minimum absolute atomic E-state index is 0.0440. The van der Waals surface area contributed by atoms with Crippen LogP contribution >= 0.6 is 0 Å². The van der Waals surface area contributed by atoms with E-state index in [1.54, 1.807) is 12.1 Å². The zero-order chi connectivity index (χ0) is 10.9. The van der Waals surface area contributed by atoms with E-state index in [4.69, 9.17) is 21.1 Å². The molecule has 0 saturated heterocycles. The van der Waals surface area contributed by atoms with Gasteiger partial charge in [-0.15, -0.1) is 0 Å². The van der Waals surface area contributed by atoms with Gasteiger partial charge < -0.3 is 21.1 Å². The van der Waals surface area contributed by atoms with Gasteiger partial charge in [0.15, 0.2) is 11.5 Å². The molecule has 1 unspecified atom stereocenters. The van der Waals surface area contributed by atoms with Crippen LogP contribution in [0.2, 0.25) is 0 Å². The van der Waals surface area contributed by atoms with Crippen molar-refractivity contribution in [3.63, 3.8) is 0 Å². The zero-order valence-electron chi connectivity index (χ0n) is 7.56. The van der Waals surface area contributed by atoms with Crippen LogP contribution in [0, 0.1) is 0 Å². The Morgan fingerprint density at radius 1 is 1.29 bits per heavy atom. The first-order valence-corrected chi connectivity index (χ1v) is 3.98. The Hall–Kier alpha value is -1.75. The van der Waals surface area contributed by atoms with Gasteiger partial charge >= 0.3 is 5.97 Å². The van der Waals surface area contributed by atoms with Gasteiger partial charge in [0, 0.05) is 11.1 Å². The molecule has 14 heavy (non-hydrogen) atoms. The van der Waals surface area contributed by atoms with E-state index in [0.717, 1.165) is 11.1 Å². The molecule has 0 heterocycles. The average Bonchev–Trinajstić information content (AvgIpc) is 2.03. The number of rotatable bonds is 1. The first kappa shape index (κ1) is 10.3. The van der Waals surface area contributed by atoms with Crippen LogP contribution in [0.15, 0.2) is 12.1 Å². The number of carbonyl (C=O) groups is 1. The Morgan fingerprint density at radius 2 is 1.57 bits per heavy atom. The van der Waals surface area contributed by atoms with Gasteiger partial charge in [0.1, 0.15) is 6.04 Å². The largest absolute Gasteiger partial charge is 0.504 e. The summed E-state index contributed by atoms with van der Waals surface area (Å²) in [5, 5.41) is 25.3. The lowest BCUT2D eigenvalue weighted by atomic mass is 9.90. The molecule has 2 aliphatic carbocycles. The lowest BCUT2D eigenvalue weighted by molar-refractivity contribution is -0.138. The van der Waals surface area contributed by atoms with Crippen LogP contribution in [0.3, 0.4) is 0 Å². The lowest BCUT2D eigenvalue weighted by Gasteiger charge is -2.18. The topological polar surface area (TPSA) is 104 Å². The number of nitrogens with two attached hydrogens (primary N) is 1. The number of aliphatic carboxylic acids is 1. The second kappa shape index (κ2) is 3.55. The summed E-state index contributed by atoms with van der Waals surface area (Å²) in [6.07, 6.45) is 0. The summed E-state index contributed by atoms with van der Waals surface area (Å²) in [5.74, 6) is -0.875. The zero-order valence-corrected chi connectivity index (χ0v) is 7.56. The van der Waals surface area contributed by atoms with Crippen molar-refractivity contribution in [1.82, 2.24) is 0 Å². The average molecular weight is 197 g/mol. The van der Waals surface area contributed by atoms with E-state index in [0.29, 0.717) is 0 Å². The molecule has 2 aliphatic rings. The van der Waals surface area contributed by atoms with Crippen LogP contribution in [0.25, 0.3) is 11.1 Å². The maximum Gasteiger partial charge on any atom is 0.320 e. The van der Waals surface area contributed by atoms with Crippen LogP contribution < -0.4 is 5.73 Å². The third-order valence-corrected chi connectivity index (χ3v) is 1.83. The Bertz CT molecular complexity index is 346. The van der Waals surface area contributed by atoms with E-state index < -0.39 is 12.0 Å². The predicted octanol–water partition coefficient (Wildman–Crippen LogP) is 0.496. The highest BCUT2D eigenvalue weighted by Crippen LogP contribution is 2.53. The number of phenols is 2. The van der Waals surface area contributed by atoms with Crippen molar-refractivity contribution >= 4 is 5.97 Å². The van der Waals surface area contributed by atoms with E-state index in [-0.39, 0.29) is 11.5 Å². The van der Waals surface area contributed by atoms with Gasteiger partial charge in [-0.05, 0) is 19.1 Å². The molecule has 76 valence electrons. The van der Waals surface area contributed by atoms with Crippen molar-refractivity contribution in [2.45, 2.75) is 13.0 Å². The van der Waals surface area contributed by atoms with Gasteiger partial charge in [0.25, 0.3) is 0 Å². The minimum Gasteiger partial charge on any atom is -0.504 e. The van der Waals surface area contributed by atoms with Crippen LogP contribution in [-0.2, 0) is 4.79 Å². The van der Waals surface area contributed by atoms with Crippen molar-refractivity contribution in [3.05, 3.63) is 12.1 Å². The molecule has 0 aliphatic heterocycles. The number of fused-ring (bicyclic) bond motifs is 1. The van der Waals surface area contributed by atoms with Crippen LogP contribution in [0.4, 0.5) is 0 Å². The number of aromatic hydroxyl groups is 2. The summed E-state index contributed by atoms with van der Waals surface area (Å²) in [6, 6.07) is 2.80. The summed E-state index contributed by atoms with van der Waals surface area (Å²) in [5.41, 5.74) is 6.42. The minimum atomic E-state index is -0.963. The highest BCUT2D eigenvalue weighted by molar-refractivity contribution is 5.92. The Labute approximate surface area is 80.4 Å². The molecule has 0 aromatic rings. The molecule has 0 radical (unpaired) electrons. The van der Waals surface area contributed by atoms with E-state index in [2.05, 4.69) is 0 Å². The summed E-state index contributed by atoms with van der Waals surface area (Å²) in [7, 11) is 0. The molecule has 0 fully saturated rings. The molecule has 0 aromatic heterocycles. The van der Waals surface area contributed by atoms with Crippen molar-refractivity contribution < 1.29 is 20.1 Å². The van der Waals surface area contributed by atoms with Gasteiger partial charge in [0.05, 0.1) is 0 Å². The number of hydrogen-bond acceptors (Lipinski definition) is 4. The highest BCUT2D eigenvalue weighted by atomic mass is 16.4. The van der Waals surface area contributed by atoms with E-state index in [9.17, 15) is 4.79 Å². The second-order valence-electron chi connectivity index (χ2n) is 2.98. The molecule has 2 rings (SSSR count). The molecule has 0 saturated carbocycles. The van der Waals surface area contributed by atoms with Crippen molar-refractivity contribution in [1.29, 1.82) is 0 Å². The molecular formula is C9H11NO4. The summed E-state index contributed by atoms with van der Waals surface area (Å²) >= 11 is 0. The third kappa shape index (κ3) is 1.62. The fraction of sp³-hybridized carbons (Fsp3) is 0.222. The van der Waals surface area contributed by atoms with Gasteiger partial charge in [-0.2, -0.15) is 0 Å². The predicted molar refractivity (Wildman–Crippen MR) is 50.1 cm³/mol. The quantitative estimate of drug-likeness (QED) is 0.498. The number of carboxylic acid groups (broad SMARTS) is 1. The molecule has 5 N–H and O–H groups in total. The molecule has 0 bridgehead atoms. The maximum atomic E-state index is 9.57. The molecule has 5 heteroatoms. The molecular weight excluding hydrogens is 186 g/mol. The Kier molecular flexibility index (Phi) is 2.62. The van der Waals surface area contributed by atoms with E-state index in [1.165, 1.54) is 6.92 Å². The third-order valence-electron chi connectivity index (χ3n) is 1.83. The number of phenolic OH excluding ortho intramolecular Hbond substituents is 2. The van der Waals surface area contributed by atoms with Gasteiger partial charge in [-0.25, -0.2) is 0 Å². The number of carboxylic acids is 1. The fourth-order valence-corrected chi connectivity index (χ4v) is 0.856. The summed E-state index contributed by atoms with van der Waals surface area (Å²) < 4.78 is 0. The first-order chi connectivity index (χ1) is 6.45. The van der Waals surface area contributed by atoms with Crippen LogP contribution in [-0.4, -0.2) is 27.3 Å². The SMILES string of the molecule is CC(N)C(=O)O.Oc1c2ccc-2c1O. The smallest absolute Gasteiger partial charge is 0.320 e. The number of hydrogen-bond donors (Lipinski definition) is 4. The summed E-state index contributed by atoms with van der Waals surface area (Å²) in [4.78, 5) is 9.57. The van der Waals surface area contributed by atoms with Crippen molar-refractivity contribution in [3.8, 4) is 22.6 Å². The molecule has 0 aromatic carbocycles. The van der Waals surface area contributed by atoms with E-state index >= 15 is 0 Å². The van der Waals surface area contributed by atoms with Gasteiger partial charge in [-0.3, -0.25) is 4.79 Å². The van der Waals surface area contributed by atoms with E-state index in [1.807, 2.05) is 0 Å². The van der Waals surface area contributed by atoms with Gasteiger partial charge in [0.2, 0.25) is 0 Å². The molecule has 0 amide bonds. The summed E-state index contributed by atoms with van der Waals surface area (Å²) in [6.45, 7) is 1.42. The second-order valence-corrected chi connectivity index (χ2v) is 2.98. The Balaban J connectivity index is 0.000000149.